The lowest BCUT2D eigenvalue weighted by atomic mass is 9.99. The Morgan fingerprint density at radius 1 is 1.37 bits per heavy atom. The Hall–Kier alpha value is -3.42. The van der Waals surface area contributed by atoms with Gasteiger partial charge in [-0.25, -0.2) is 14.4 Å². The minimum Gasteiger partial charge on any atom is -0.455 e. The van der Waals surface area contributed by atoms with Gasteiger partial charge in [0.1, 0.15) is 11.8 Å². The summed E-state index contributed by atoms with van der Waals surface area (Å²) in [5.41, 5.74) is 2.30. The number of aromatic amines is 1. The highest BCUT2D eigenvalue weighted by Crippen LogP contribution is 2.37. The van der Waals surface area contributed by atoms with E-state index in [-0.39, 0.29) is 17.3 Å². The van der Waals surface area contributed by atoms with Crippen molar-refractivity contribution < 1.29 is 18.0 Å². The molecule has 1 N–H and O–H groups in total. The van der Waals surface area contributed by atoms with Crippen LogP contribution in [0.1, 0.15) is 39.4 Å². The molecule has 1 aromatic carbocycles. The molecular weight excluding hydrogens is 351 g/mol. The maximum Gasteiger partial charge on any atom is 0.292 e. The average Bonchev–Trinajstić information content (AvgIpc) is 3.39. The molecule has 0 saturated carbocycles. The SMILES string of the molecule is Cc1ncoc1C(=O)N1CCc2[nH]cnc2[C@H]1c1cc2cccc(F)c2o1. The number of para-hydroxylation sites is 1. The van der Waals surface area contributed by atoms with Crippen LogP contribution in [0.2, 0.25) is 0 Å². The largest absolute Gasteiger partial charge is 0.455 e. The van der Waals surface area contributed by atoms with E-state index in [1.807, 2.05) is 0 Å². The van der Waals surface area contributed by atoms with E-state index in [2.05, 4.69) is 15.0 Å². The average molecular weight is 366 g/mol. The molecule has 0 bridgehead atoms. The van der Waals surface area contributed by atoms with Crippen molar-refractivity contribution in [2.45, 2.75) is 19.4 Å². The second kappa shape index (κ2) is 5.80. The molecule has 1 atom stereocenters. The summed E-state index contributed by atoms with van der Waals surface area (Å²) in [4.78, 5) is 26.3. The third-order valence-corrected chi connectivity index (χ3v) is 4.91. The summed E-state index contributed by atoms with van der Waals surface area (Å²) in [5.74, 6) is -0.111. The van der Waals surface area contributed by atoms with Crippen LogP contribution in [0, 0.1) is 12.7 Å². The second-order valence-corrected chi connectivity index (χ2v) is 6.49. The molecule has 0 radical (unpaired) electrons. The number of aromatic nitrogens is 3. The normalized spacial score (nSPS) is 16.7. The highest BCUT2D eigenvalue weighted by atomic mass is 19.1. The van der Waals surface area contributed by atoms with Crippen molar-refractivity contribution in [3.63, 3.8) is 0 Å². The first-order valence-electron chi connectivity index (χ1n) is 8.54. The van der Waals surface area contributed by atoms with Crippen LogP contribution in [0.5, 0.6) is 0 Å². The summed E-state index contributed by atoms with van der Waals surface area (Å²) in [6, 6.07) is 5.91. The van der Waals surface area contributed by atoms with Gasteiger partial charge in [0.15, 0.2) is 17.8 Å². The maximum absolute atomic E-state index is 14.1. The zero-order chi connectivity index (χ0) is 18.5. The van der Waals surface area contributed by atoms with Crippen molar-refractivity contribution in [1.82, 2.24) is 19.9 Å². The predicted octanol–water partition coefficient (Wildman–Crippen LogP) is 3.38. The van der Waals surface area contributed by atoms with E-state index in [4.69, 9.17) is 8.83 Å². The van der Waals surface area contributed by atoms with Gasteiger partial charge in [-0.15, -0.1) is 0 Å². The molecule has 27 heavy (non-hydrogen) atoms. The number of imidazole rings is 1. The van der Waals surface area contributed by atoms with E-state index in [0.29, 0.717) is 35.5 Å². The Morgan fingerprint density at radius 3 is 3.04 bits per heavy atom. The van der Waals surface area contributed by atoms with Crippen LogP contribution in [-0.4, -0.2) is 32.3 Å². The number of benzene rings is 1. The van der Waals surface area contributed by atoms with Crippen molar-refractivity contribution in [3.8, 4) is 0 Å². The van der Waals surface area contributed by atoms with Gasteiger partial charge in [0.05, 0.1) is 17.7 Å². The van der Waals surface area contributed by atoms with Gasteiger partial charge in [0.25, 0.3) is 5.91 Å². The van der Waals surface area contributed by atoms with Crippen molar-refractivity contribution >= 4 is 16.9 Å². The monoisotopic (exact) mass is 366 g/mol. The molecule has 0 spiro atoms. The van der Waals surface area contributed by atoms with Gasteiger partial charge in [0, 0.05) is 24.0 Å². The number of nitrogens with one attached hydrogen (secondary N) is 1. The first kappa shape index (κ1) is 15.8. The topological polar surface area (TPSA) is 88.2 Å². The Kier molecular flexibility index (Phi) is 3.40. The van der Waals surface area contributed by atoms with Crippen molar-refractivity contribution in [1.29, 1.82) is 0 Å². The van der Waals surface area contributed by atoms with Crippen LogP contribution in [-0.2, 0) is 6.42 Å². The molecule has 1 aliphatic rings. The second-order valence-electron chi connectivity index (χ2n) is 6.49. The number of hydrogen-bond acceptors (Lipinski definition) is 5. The molecule has 136 valence electrons. The Balaban J connectivity index is 1.66. The first-order valence-corrected chi connectivity index (χ1v) is 8.54. The quantitative estimate of drug-likeness (QED) is 0.588. The summed E-state index contributed by atoms with van der Waals surface area (Å²) < 4.78 is 25.2. The predicted molar refractivity (Wildman–Crippen MR) is 92.6 cm³/mol. The number of H-pyrrole nitrogens is 1. The fourth-order valence-corrected chi connectivity index (χ4v) is 3.60. The fourth-order valence-electron chi connectivity index (χ4n) is 3.60. The molecule has 4 heterocycles. The Labute approximate surface area is 152 Å². The number of nitrogens with zero attached hydrogens (tertiary/aromatic N) is 3. The lowest BCUT2D eigenvalue weighted by Gasteiger charge is -2.33. The lowest BCUT2D eigenvalue weighted by Crippen LogP contribution is -2.40. The van der Waals surface area contributed by atoms with Gasteiger partial charge >= 0.3 is 0 Å². The number of carbonyl (C=O) groups is 1. The van der Waals surface area contributed by atoms with Gasteiger partial charge < -0.3 is 18.7 Å². The van der Waals surface area contributed by atoms with Gasteiger partial charge in [-0.05, 0) is 19.1 Å². The van der Waals surface area contributed by atoms with Gasteiger partial charge in [-0.1, -0.05) is 12.1 Å². The number of aryl methyl sites for hydroxylation is 1. The minimum atomic E-state index is -0.580. The van der Waals surface area contributed by atoms with E-state index in [1.165, 1.54) is 12.5 Å². The molecule has 8 heteroatoms. The first-order chi connectivity index (χ1) is 13.1. The third-order valence-electron chi connectivity index (χ3n) is 4.91. The molecule has 1 amide bonds. The summed E-state index contributed by atoms with van der Waals surface area (Å²) in [7, 11) is 0. The molecule has 4 aromatic rings. The van der Waals surface area contributed by atoms with E-state index in [1.54, 1.807) is 36.4 Å². The fraction of sp³-hybridized carbons (Fsp3) is 0.211. The number of halogens is 1. The molecule has 5 rings (SSSR count). The van der Waals surface area contributed by atoms with Crippen molar-refractivity contribution in [2.24, 2.45) is 0 Å². The van der Waals surface area contributed by atoms with Crippen LogP contribution in [0.4, 0.5) is 4.39 Å². The Bertz CT molecular complexity index is 1160. The number of hydrogen-bond donors (Lipinski definition) is 1. The molecule has 0 aliphatic carbocycles. The number of amides is 1. The van der Waals surface area contributed by atoms with Crippen LogP contribution >= 0.6 is 0 Å². The number of rotatable bonds is 2. The van der Waals surface area contributed by atoms with Crippen LogP contribution < -0.4 is 0 Å². The Morgan fingerprint density at radius 2 is 2.26 bits per heavy atom. The maximum atomic E-state index is 14.1. The number of oxazole rings is 1. The van der Waals surface area contributed by atoms with Crippen LogP contribution in [0.25, 0.3) is 11.0 Å². The lowest BCUT2D eigenvalue weighted by molar-refractivity contribution is 0.0639. The van der Waals surface area contributed by atoms with E-state index >= 15 is 0 Å². The van der Waals surface area contributed by atoms with Crippen molar-refractivity contribution in [3.05, 3.63) is 71.4 Å². The molecular formula is C19H15FN4O3. The zero-order valence-electron chi connectivity index (χ0n) is 14.4. The molecule has 1 aliphatic heterocycles. The van der Waals surface area contributed by atoms with Crippen LogP contribution in [0.15, 0.2) is 45.8 Å². The van der Waals surface area contributed by atoms with E-state index in [9.17, 15) is 9.18 Å². The molecule has 0 unspecified atom stereocenters. The number of fused-ring (bicyclic) bond motifs is 2. The van der Waals surface area contributed by atoms with E-state index in [0.717, 1.165) is 5.69 Å². The molecule has 0 saturated heterocycles. The number of furan rings is 1. The highest BCUT2D eigenvalue weighted by molar-refractivity contribution is 5.93. The van der Waals surface area contributed by atoms with Crippen molar-refractivity contribution in [2.75, 3.05) is 6.54 Å². The molecule has 7 nitrogen and oxygen atoms in total. The standard InChI is InChI=1S/C19H15FN4O3/c1-10-17(26-9-23-10)19(25)24-6-5-13-15(22-8-21-13)16(24)14-7-11-3-2-4-12(20)18(11)27-14/h2-4,7-9,16H,5-6H2,1H3,(H,21,22)/t16-/m1/s1. The minimum absolute atomic E-state index is 0.165. The van der Waals surface area contributed by atoms with Crippen LogP contribution in [0.3, 0.4) is 0 Å². The van der Waals surface area contributed by atoms with Gasteiger partial charge in [0.2, 0.25) is 5.76 Å². The number of carbonyl (C=O) groups excluding carboxylic acids is 1. The van der Waals surface area contributed by atoms with E-state index < -0.39 is 11.9 Å². The molecule has 0 fully saturated rings. The summed E-state index contributed by atoms with van der Waals surface area (Å²) in [5, 5.41) is 0.635. The van der Waals surface area contributed by atoms with Gasteiger partial charge in [-0.3, -0.25) is 4.79 Å². The third kappa shape index (κ3) is 2.37. The molecule has 3 aromatic heterocycles. The summed E-state index contributed by atoms with van der Waals surface area (Å²) in [6.07, 6.45) is 3.46. The highest BCUT2D eigenvalue weighted by Gasteiger charge is 2.38. The summed E-state index contributed by atoms with van der Waals surface area (Å²) >= 11 is 0. The van der Waals surface area contributed by atoms with Gasteiger partial charge in [-0.2, -0.15) is 0 Å². The zero-order valence-corrected chi connectivity index (χ0v) is 14.4. The summed E-state index contributed by atoms with van der Waals surface area (Å²) in [6.45, 7) is 2.16. The smallest absolute Gasteiger partial charge is 0.292 e.